The van der Waals surface area contributed by atoms with Gasteiger partial charge in [-0.25, -0.2) is 0 Å². The molecule has 0 aromatic carbocycles. The minimum atomic E-state index is -0.363. The third-order valence-electron chi connectivity index (χ3n) is 1.23. The van der Waals surface area contributed by atoms with E-state index in [4.69, 9.17) is 5.11 Å². The Morgan fingerprint density at radius 1 is 0.850 bits per heavy atom. The van der Waals surface area contributed by atoms with Gasteiger partial charge < -0.3 is 19.3 Å². The molecule has 0 amide bonds. The van der Waals surface area contributed by atoms with E-state index < -0.39 is 0 Å². The molecule has 0 heterocycles. The first-order valence-electron chi connectivity index (χ1n) is 4.46. The first kappa shape index (κ1) is 36.2. The van der Waals surface area contributed by atoms with Gasteiger partial charge in [-0.1, -0.05) is 29.7 Å². The van der Waals surface area contributed by atoms with Gasteiger partial charge in [0.1, 0.15) is 18.8 Å². The van der Waals surface area contributed by atoms with Gasteiger partial charge in [0.25, 0.3) is 19.4 Å². The second-order valence-corrected chi connectivity index (χ2v) is 2.70. The molecule has 0 rings (SSSR count). The molecule has 0 aliphatic rings. The Labute approximate surface area is 123 Å². The van der Waals surface area contributed by atoms with Crippen LogP contribution in [-0.2, 0) is 28.6 Å². The summed E-state index contributed by atoms with van der Waals surface area (Å²) in [6.45, 7) is 4.18. The molecule has 0 aliphatic heterocycles. The predicted octanol–water partition coefficient (Wildman–Crippen LogP) is 1.81. The number of aliphatic hydroxyl groups excluding tert-OH is 1. The number of carbonyl (C=O) groups is 3. The highest BCUT2D eigenvalue weighted by atomic mass is 16.6. The molecular formula is C13H32O7. The molecule has 2 atom stereocenters. The summed E-state index contributed by atoms with van der Waals surface area (Å²) in [6, 6.07) is 0. The lowest BCUT2D eigenvalue weighted by Gasteiger charge is -2.05. The highest BCUT2D eigenvalue weighted by Crippen LogP contribution is 1.86. The second-order valence-electron chi connectivity index (χ2n) is 2.70. The fourth-order valence-corrected chi connectivity index (χ4v) is 0.447. The van der Waals surface area contributed by atoms with Crippen molar-refractivity contribution in [2.45, 2.75) is 55.8 Å². The molecule has 0 spiro atoms. The topological polar surface area (TPSA) is 99.1 Å². The molecule has 20 heavy (non-hydrogen) atoms. The van der Waals surface area contributed by atoms with Gasteiger partial charge in [0.05, 0.1) is 6.61 Å². The summed E-state index contributed by atoms with van der Waals surface area (Å²) in [5.74, 6) is 0. The number of aliphatic hydroxyl groups is 1. The summed E-state index contributed by atoms with van der Waals surface area (Å²) in [5, 5.41) is 8.18. The third kappa shape index (κ3) is 36.0. The molecule has 0 saturated carbocycles. The molecule has 0 aromatic heterocycles. The van der Waals surface area contributed by atoms with Crippen LogP contribution in [0.5, 0.6) is 0 Å². The van der Waals surface area contributed by atoms with E-state index in [0.29, 0.717) is 19.4 Å². The zero-order chi connectivity index (χ0) is 12.8. The van der Waals surface area contributed by atoms with Gasteiger partial charge in [-0.15, -0.1) is 0 Å². The molecular weight excluding hydrogens is 268 g/mol. The number of ether oxygens (including phenoxy) is 3. The highest BCUT2D eigenvalue weighted by molar-refractivity contribution is 5.38. The first-order valence-corrected chi connectivity index (χ1v) is 4.46. The van der Waals surface area contributed by atoms with Crippen LogP contribution in [0.25, 0.3) is 0 Å². The Balaban J connectivity index is -0.0000000416. The lowest BCUT2D eigenvalue weighted by Crippen LogP contribution is -2.14. The number of hydrogen-bond donors (Lipinski definition) is 1. The summed E-state index contributed by atoms with van der Waals surface area (Å²) < 4.78 is 12.9. The normalized spacial score (nSPS) is 9.75. The van der Waals surface area contributed by atoms with Crippen molar-refractivity contribution in [3.8, 4) is 0 Å². The number of carbonyl (C=O) groups excluding carboxylic acids is 3. The zero-order valence-corrected chi connectivity index (χ0v) is 9.20. The lowest BCUT2D eigenvalue weighted by atomic mass is 10.4. The van der Waals surface area contributed by atoms with E-state index in [0.717, 1.165) is 0 Å². The fourth-order valence-electron chi connectivity index (χ4n) is 0.447. The van der Waals surface area contributed by atoms with Crippen LogP contribution in [-0.4, -0.2) is 49.9 Å². The monoisotopic (exact) mass is 300 g/mol. The minimum Gasteiger partial charge on any atom is -0.464 e. The van der Waals surface area contributed by atoms with Gasteiger partial charge in [-0.2, -0.15) is 0 Å². The Morgan fingerprint density at radius 2 is 1.25 bits per heavy atom. The van der Waals surface area contributed by atoms with Crippen molar-refractivity contribution < 1.29 is 33.7 Å². The van der Waals surface area contributed by atoms with Gasteiger partial charge in [0.2, 0.25) is 0 Å². The van der Waals surface area contributed by atoms with Crippen molar-refractivity contribution in [1.29, 1.82) is 0 Å². The van der Waals surface area contributed by atoms with Crippen molar-refractivity contribution in [2.24, 2.45) is 0 Å². The number of hydrogen-bond acceptors (Lipinski definition) is 7. The van der Waals surface area contributed by atoms with E-state index in [1.54, 1.807) is 13.8 Å². The molecule has 0 fully saturated rings. The van der Waals surface area contributed by atoms with Gasteiger partial charge in [0.15, 0.2) is 0 Å². The summed E-state index contributed by atoms with van der Waals surface area (Å²) in [5.41, 5.74) is 0. The van der Waals surface area contributed by atoms with Crippen molar-refractivity contribution >= 4 is 19.4 Å². The van der Waals surface area contributed by atoms with E-state index in [9.17, 15) is 14.4 Å². The summed E-state index contributed by atoms with van der Waals surface area (Å²) in [6.07, 6.45) is -0.717. The molecule has 0 aliphatic carbocycles. The van der Waals surface area contributed by atoms with Crippen LogP contribution in [0.4, 0.5) is 0 Å². The van der Waals surface area contributed by atoms with Crippen LogP contribution >= 0.6 is 0 Å². The van der Waals surface area contributed by atoms with E-state index in [1.165, 1.54) is 0 Å². The molecule has 1 N–H and O–H groups in total. The van der Waals surface area contributed by atoms with Crippen LogP contribution in [0.15, 0.2) is 0 Å². The van der Waals surface area contributed by atoms with Crippen molar-refractivity contribution in [1.82, 2.24) is 0 Å². The molecule has 0 radical (unpaired) electrons. The molecule has 126 valence electrons. The van der Waals surface area contributed by atoms with Crippen molar-refractivity contribution in [3.05, 3.63) is 0 Å². The van der Waals surface area contributed by atoms with E-state index in [1.807, 2.05) is 0 Å². The maximum Gasteiger partial charge on any atom is 0.293 e. The summed E-state index contributed by atoms with van der Waals surface area (Å²) >= 11 is 0. The highest BCUT2D eigenvalue weighted by Gasteiger charge is 1.98. The van der Waals surface area contributed by atoms with Crippen molar-refractivity contribution in [3.63, 3.8) is 0 Å². The fraction of sp³-hybridized carbons (Fsp3) is 0.769. The molecule has 0 aromatic rings. The van der Waals surface area contributed by atoms with Crippen LogP contribution in [0.1, 0.15) is 43.6 Å². The van der Waals surface area contributed by atoms with Gasteiger partial charge in [-0.05, 0) is 13.8 Å². The second kappa shape index (κ2) is 30.4. The van der Waals surface area contributed by atoms with Crippen LogP contribution in [0, 0.1) is 0 Å². The van der Waals surface area contributed by atoms with Crippen molar-refractivity contribution in [2.75, 3.05) is 13.2 Å². The maximum absolute atomic E-state index is 9.61. The van der Waals surface area contributed by atoms with Gasteiger partial charge >= 0.3 is 0 Å². The zero-order valence-electron chi connectivity index (χ0n) is 9.20. The van der Waals surface area contributed by atoms with E-state index in [-0.39, 0.29) is 55.1 Å². The maximum atomic E-state index is 9.61. The largest absolute Gasteiger partial charge is 0.464 e. The first-order chi connectivity index (χ1) is 7.62. The smallest absolute Gasteiger partial charge is 0.293 e. The number of rotatable bonds is 8. The summed E-state index contributed by atoms with van der Waals surface area (Å²) in [4.78, 5) is 28.6. The van der Waals surface area contributed by atoms with Crippen LogP contribution in [0.2, 0.25) is 0 Å². The van der Waals surface area contributed by atoms with Gasteiger partial charge in [-0.3, -0.25) is 14.4 Å². The van der Waals surface area contributed by atoms with E-state index >= 15 is 0 Å². The van der Waals surface area contributed by atoms with Gasteiger partial charge in [0, 0.05) is 0 Å². The van der Waals surface area contributed by atoms with E-state index in [2.05, 4.69) is 14.2 Å². The minimum absolute atomic E-state index is 0. The Morgan fingerprint density at radius 3 is 1.50 bits per heavy atom. The lowest BCUT2D eigenvalue weighted by molar-refractivity contribution is -0.141. The Kier molecular flexibility index (Phi) is 55.1. The standard InChI is InChI=1S/C5H8O4.C4H8O3.4CH4/c1-5(9-4-7)2-8-3-6;1-4(2-5)7-3-6;;;;/h3-5H,2H2,1H3;3-5H,2H2,1H3;4*1H4. The Bertz CT molecular complexity index is 186. The summed E-state index contributed by atoms with van der Waals surface area (Å²) in [7, 11) is 0. The van der Waals surface area contributed by atoms with Crippen LogP contribution in [0.3, 0.4) is 0 Å². The SMILES string of the molecule is C.C.C.C.CC(CO)OC=O.CC(COC=O)OC=O. The molecule has 7 nitrogen and oxygen atoms in total. The van der Waals surface area contributed by atoms with Crippen LogP contribution < -0.4 is 0 Å². The predicted molar refractivity (Wildman–Crippen MR) is 79.2 cm³/mol. The quantitative estimate of drug-likeness (QED) is 0.539. The molecule has 7 heteroatoms. The molecule has 0 bridgehead atoms. The Hall–Kier alpha value is -1.63. The average molecular weight is 300 g/mol. The third-order valence-corrected chi connectivity index (χ3v) is 1.23. The molecule has 2 unspecified atom stereocenters. The molecule has 0 saturated heterocycles. The average Bonchev–Trinajstić information content (AvgIpc) is 2.28.